The van der Waals surface area contributed by atoms with Crippen molar-refractivity contribution >= 4 is 0 Å². The Bertz CT molecular complexity index is 569. The van der Waals surface area contributed by atoms with Crippen molar-refractivity contribution in [3.8, 4) is 0 Å². The average molecular weight is 250 g/mol. The normalized spacial score (nSPS) is 26.9. The molecule has 1 N–H and O–H groups in total. The first kappa shape index (κ1) is 11.2. The quantitative estimate of drug-likeness (QED) is 0.862. The fraction of sp³-hybridized carbons (Fsp3) is 0.333. The molecule has 5 rings (SSSR count). The average Bonchev–Trinajstić information content (AvgIpc) is 2.48. The zero-order chi connectivity index (χ0) is 12.8. The lowest BCUT2D eigenvalue weighted by Gasteiger charge is -2.45. The highest BCUT2D eigenvalue weighted by Crippen LogP contribution is 2.55. The monoisotopic (exact) mass is 250 g/mol. The van der Waals surface area contributed by atoms with Crippen molar-refractivity contribution in [3.05, 3.63) is 70.8 Å². The molecule has 2 aromatic rings. The van der Waals surface area contributed by atoms with Crippen molar-refractivity contribution in [2.75, 3.05) is 6.61 Å². The van der Waals surface area contributed by atoms with E-state index < -0.39 is 0 Å². The van der Waals surface area contributed by atoms with Crippen LogP contribution in [0.2, 0.25) is 0 Å². The first-order valence-corrected chi connectivity index (χ1v) is 7.18. The summed E-state index contributed by atoms with van der Waals surface area (Å²) in [6.07, 6.45) is 2.11. The van der Waals surface area contributed by atoms with Gasteiger partial charge >= 0.3 is 0 Å². The van der Waals surface area contributed by atoms with Gasteiger partial charge in [-0.15, -0.1) is 0 Å². The molecule has 0 unspecified atom stereocenters. The molecule has 0 fully saturated rings. The van der Waals surface area contributed by atoms with Crippen molar-refractivity contribution < 1.29 is 5.11 Å². The van der Waals surface area contributed by atoms with Crippen LogP contribution in [-0.2, 0) is 0 Å². The van der Waals surface area contributed by atoms with E-state index in [-0.39, 0.29) is 0 Å². The Balaban J connectivity index is 1.93. The zero-order valence-corrected chi connectivity index (χ0v) is 10.9. The van der Waals surface area contributed by atoms with Crippen LogP contribution in [0.5, 0.6) is 0 Å². The number of rotatable bonds is 2. The maximum absolute atomic E-state index is 9.34. The molecule has 0 aliphatic heterocycles. The molecule has 1 heteroatoms. The van der Waals surface area contributed by atoms with Gasteiger partial charge in [0.05, 0.1) is 0 Å². The van der Waals surface area contributed by atoms with E-state index in [1.807, 2.05) is 0 Å². The van der Waals surface area contributed by atoms with Crippen LogP contribution < -0.4 is 0 Å². The summed E-state index contributed by atoms with van der Waals surface area (Å²) in [6, 6.07) is 17.8. The summed E-state index contributed by atoms with van der Waals surface area (Å²) in [5.74, 6) is 1.62. The molecule has 3 aliphatic rings. The maximum atomic E-state index is 9.34. The summed E-state index contributed by atoms with van der Waals surface area (Å²) >= 11 is 0. The van der Waals surface area contributed by atoms with E-state index in [1.54, 1.807) is 0 Å². The van der Waals surface area contributed by atoms with Crippen molar-refractivity contribution in [2.24, 2.45) is 5.92 Å². The first-order chi connectivity index (χ1) is 9.40. The van der Waals surface area contributed by atoms with Gasteiger partial charge in [0, 0.05) is 18.4 Å². The minimum absolute atomic E-state index is 0.304. The second kappa shape index (κ2) is 4.21. The lowest BCUT2D eigenvalue weighted by atomic mass is 9.58. The minimum atomic E-state index is 0.304. The summed E-state index contributed by atoms with van der Waals surface area (Å²) in [5, 5.41) is 9.34. The van der Waals surface area contributed by atoms with Gasteiger partial charge in [-0.2, -0.15) is 0 Å². The van der Waals surface area contributed by atoms with Gasteiger partial charge in [0.2, 0.25) is 0 Å². The van der Waals surface area contributed by atoms with Crippen LogP contribution in [0.3, 0.4) is 0 Å². The standard InChI is InChI=1S/C18H18O/c19-10-9-12-11-17-13-5-1-3-7-15(13)18(12)16-8-4-2-6-14(16)17/h1-8,12,17-19H,9-11H2/t12-,17?,18?/m1/s1. The topological polar surface area (TPSA) is 20.2 Å². The summed E-state index contributed by atoms with van der Waals surface area (Å²) < 4.78 is 0. The Morgan fingerprint density at radius 3 is 1.89 bits per heavy atom. The zero-order valence-electron chi connectivity index (χ0n) is 10.9. The molecule has 96 valence electrons. The molecule has 0 heterocycles. The van der Waals surface area contributed by atoms with E-state index in [0.29, 0.717) is 24.4 Å². The third-order valence-electron chi connectivity index (χ3n) is 4.92. The van der Waals surface area contributed by atoms with Crippen molar-refractivity contribution in [3.63, 3.8) is 0 Å². The Morgan fingerprint density at radius 2 is 1.37 bits per heavy atom. The predicted molar refractivity (Wildman–Crippen MR) is 76.4 cm³/mol. The molecule has 0 aromatic heterocycles. The number of hydrogen-bond acceptors (Lipinski definition) is 1. The number of benzene rings is 2. The molecule has 0 saturated carbocycles. The van der Waals surface area contributed by atoms with Gasteiger partial charge in [-0.1, -0.05) is 48.5 Å². The molecule has 0 saturated heterocycles. The Kier molecular flexibility index (Phi) is 2.49. The van der Waals surface area contributed by atoms with Crippen LogP contribution in [0.4, 0.5) is 0 Å². The highest BCUT2D eigenvalue weighted by molar-refractivity contribution is 5.55. The fourth-order valence-corrected chi connectivity index (χ4v) is 4.21. The molecule has 19 heavy (non-hydrogen) atoms. The van der Waals surface area contributed by atoms with E-state index in [0.717, 1.165) is 6.42 Å². The summed E-state index contributed by atoms with van der Waals surface area (Å²) in [5.41, 5.74) is 6.02. The third kappa shape index (κ3) is 1.51. The van der Waals surface area contributed by atoms with Gasteiger partial charge in [-0.25, -0.2) is 0 Å². The molecule has 0 spiro atoms. The first-order valence-electron chi connectivity index (χ1n) is 7.18. The largest absolute Gasteiger partial charge is 0.396 e. The summed E-state index contributed by atoms with van der Waals surface area (Å²) in [6.45, 7) is 0.304. The molecule has 1 atom stereocenters. The van der Waals surface area contributed by atoms with Crippen LogP contribution in [-0.4, -0.2) is 11.7 Å². The molecule has 2 bridgehead atoms. The molecule has 3 aliphatic carbocycles. The second-order valence-electron chi connectivity index (χ2n) is 5.80. The molecular formula is C18H18O. The molecule has 1 nitrogen and oxygen atoms in total. The molecule has 2 aromatic carbocycles. The van der Waals surface area contributed by atoms with E-state index in [9.17, 15) is 5.11 Å². The van der Waals surface area contributed by atoms with Crippen molar-refractivity contribution in [1.82, 2.24) is 0 Å². The highest BCUT2D eigenvalue weighted by atomic mass is 16.3. The van der Waals surface area contributed by atoms with Crippen molar-refractivity contribution in [1.29, 1.82) is 0 Å². The predicted octanol–water partition coefficient (Wildman–Crippen LogP) is 3.67. The van der Waals surface area contributed by atoms with Crippen LogP contribution in [0.1, 0.15) is 46.9 Å². The summed E-state index contributed by atoms with van der Waals surface area (Å²) in [7, 11) is 0. The Hall–Kier alpha value is -1.60. The minimum Gasteiger partial charge on any atom is -0.396 e. The number of aliphatic hydroxyl groups excluding tert-OH is 1. The van der Waals surface area contributed by atoms with E-state index in [2.05, 4.69) is 48.5 Å². The van der Waals surface area contributed by atoms with Crippen LogP contribution in [0.15, 0.2) is 48.5 Å². The highest BCUT2D eigenvalue weighted by Gasteiger charge is 2.42. The fourth-order valence-electron chi connectivity index (χ4n) is 4.21. The third-order valence-corrected chi connectivity index (χ3v) is 4.92. The smallest absolute Gasteiger partial charge is 0.0434 e. The van der Waals surface area contributed by atoms with Crippen LogP contribution >= 0.6 is 0 Å². The van der Waals surface area contributed by atoms with Gasteiger partial charge in [-0.3, -0.25) is 0 Å². The maximum Gasteiger partial charge on any atom is 0.0434 e. The van der Waals surface area contributed by atoms with Gasteiger partial charge in [0.25, 0.3) is 0 Å². The lowest BCUT2D eigenvalue weighted by molar-refractivity contribution is 0.227. The molecule has 0 radical (unpaired) electrons. The van der Waals surface area contributed by atoms with Crippen molar-refractivity contribution in [2.45, 2.75) is 24.7 Å². The van der Waals surface area contributed by atoms with Gasteiger partial charge in [0.15, 0.2) is 0 Å². The van der Waals surface area contributed by atoms with E-state index in [4.69, 9.17) is 0 Å². The van der Waals surface area contributed by atoms with Gasteiger partial charge in [-0.05, 0) is 41.0 Å². The summed E-state index contributed by atoms with van der Waals surface area (Å²) in [4.78, 5) is 0. The van der Waals surface area contributed by atoms with Gasteiger partial charge < -0.3 is 5.11 Å². The van der Waals surface area contributed by atoms with E-state index >= 15 is 0 Å². The number of aliphatic hydroxyl groups is 1. The van der Waals surface area contributed by atoms with Gasteiger partial charge in [0.1, 0.15) is 0 Å². The number of fused-ring (bicyclic) bond motifs is 1. The molecule has 0 amide bonds. The Morgan fingerprint density at radius 1 is 0.842 bits per heavy atom. The second-order valence-corrected chi connectivity index (χ2v) is 5.80. The van der Waals surface area contributed by atoms with E-state index in [1.165, 1.54) is 28.7 Å². The molecular weight excluding hydrogens is 232 g/mol. The van der Waals surface area contributed by atoms with Crippen LogP contribution in [0.25, 0.3) is 0 Å². The Labute approximate surface area is 113 Å². The lowest BCUT2D eigenvalue weighted by Crippen LogP contribution is -2.32. The number of hydrogen-bond donors (Lipinski definition) is 1. The van der Waals surface area contributed by atoms with Crippen LogP contribution in [0, 0.1) is 5.92 Å². The SMILES string of the molecule is OCC[C@@H]1CC2c3ccccc3C1c1ccccc12.